The Balaban J connectivity index is 1.33. The molecule has 2 heterocycles. The second-order valence-electron chi connectivity index (χ2n) is 6.73. The van der Waals surface area contributed by atoms with Crippen LogP contribution in [0.15, 0.2) is 59.8 Å². The largest absolute Gasteiger partial charge is 0.338 e. The van der Waals surface area contributed by atoms with E-state index in [-0.39, 0.29) is 6.03 Å². The zero-order chi connectivity index (χ0) is 18.7. The zero-order valence-corrected chi connectivity index (χ0v) is 16.5. The summed E-state index contributed by atoms with van der Waals surface area (Å²) in [6.45, 7) is 5.17. The molecule has 1 N–H and O–H groups in total. The lowest BCUT2D eigenvalue weighted by Gasteiger charge is -2.22. The summed E-state index contributed by atoms with van der Waals surface area (Å²) in [7, 11) is 0. The maximum atomic E-state index is 12.4. The van der Waals surface area contributed by atoms with E-state index in [4.69, 9.17) is 0 Å². The maximum absolute atomic E-state index is 12.4. The summed E-state index contributed by atoms with van der Waals surface area (Å²) in [6.07, 6.45) is 5.71. The number of hydrogen-bond donors (Lipinski definition) is 1. The lowest BCUT2D eigenvalue weighted by molar-refractivity contribution is 0.197. The number of carbonyl (C=O) groups excluding carboxylic acids is 1. The van der Waals surface area contributed by atoms with Crippen LogP contribution in [0.1, 0.15) is 18.4 Å². The van der Waals surface area contributed by atoms with Crippen molar-refractivity contribution < 1.29 is 4.79 Å². The molecular formula is C21H28N4OS. The quantitative estimate of drug-likeness (QED) is 0.586. The van der Waals surface area contributed by atoms with Crippen LogP contribution in [0.2, 0.25) is 0 Å². The van der Waals surface area contributed by atoms with E-state index in [9.17, 15) is 4.79 Å². The highest BCUT2D eigenvalue weighted by molar-refractivity contribution is 7.99. The molecule has 1 aromatic heterocycles. The molecule has 1 aliphatic heterocycles. The van der Waals surface area contributed by atoms with Crippen molar-refractivity contribution in [3.05, 3.63) is 60.4 Å². The van der Waals surface area contributed by atoms with Gasteiger partial charge in [0.25, 0.3) is 0 Å². The minimum atomic E-state index is 0.0722. The first kappa shape index (κ1) is 19.7. The number of aromatic nitrogens is 1. The number of nitrogens with zero attached hydrogens (tertiary/aromatic N) is 3. The van der Waals surface area contributed by atoms with Gasteiger partial charge in [-0.3, -0.25) is 9.88 Å². The van der Waals surface area contributed by atoms with Crippen molar-refractivity contribution in [1.29, 1.82) is 0 Å². The van der Waals surface area contributed by atoms with Gasteiger partial charge in [0.05, 0.1) is 0 Å². The number of hydrogen-bond acceptors (Lipinski definition) is 4. The minimum absolute atomic E-state index is 0.0722. The molecule has 0 unspecified atom stereocenters. The highest BCUT2D eigenvalue weighted by Gasteiger charge is 2.18. The molecule has 1 aliphatic rings. The predicted molar refractivity (Wildman–Crippen MR) is 111 cm³/mol. The van der Waals surface area contributed by atoms with E-state index in [0.29, 0.717) is 0 Å². The Morgan fingerprint density at radius 2 is 1.96 bits per heavy atom. The van der Waals surface area contributed by atoms with Crippen molar-refractivity contribution in [3.8, 4) is 0 Å². The van der Waals surface area contributed by atoms with E-state index >= 15 is 0 Å². The summed E-state index contributed by atoms with van der Waals surface area (Å²) in [5, 5.41) is 3.08. The summed E-state index contributed by atoms with van der Waals surface area (Å²) in [5.74, 6) is 1.02. The SMILES string of the molecule is O=C(NCCCSc1ccccc1)N1CCCN(Cc2cccnc2)CC1. The number of pyridine rings is 1. The molecule has 0 bridgehead atoms. The van der Waals surface area contributed by atoms with Crippen molar-refractivity contribution in [2.45, 2.75) is 24.3 Å². The van der Waals surface area contributed by atoms with E-state index in [1.54, 1.807) is 6.20 Å². The number of carbonyl (C=O) groups is 1. The van der Waals surface area contributed by atoms with Gasteiger partial charge < -0.3 is 10.2 Å². The van der Waals surface area contributed by atoms with Crippen LogP contribution in [0.25, 0.3) is 0 Å². The fraction of sp³-hybridized carbons (Fsp3) is 0.429. The molecule has 0 radical (unpaired) electrons. The molecule has 0 aliphatic carbocycles. The van der Waals surface area contributed by atoms with Gasteiger partial charge in [-0.1, -0.05) is 24.3 Å². The number of rotatable bonds is 7. The third-order valence-electron chi connectivity index (χ3n) is 4.61. The van der Waals surface area contributed by atoms with E-state index < -0.39 is 0 Å². The monoisotopic (exact) mass is 384 g/mol. The van der Waals surface area contributed by atoms with Crippen LogP contribution in [0, 0.1) is 0 Å². The molecule has 0 spiro atoms. The molecule has 3 rings (SSSR count). The molecule has 0 saturated carbocycles. The second kappa shape index (κ2) is 10.9. The predicted octanol–water partition coefficient (Wildman–Crippen LogP) is 3.48. The normalized spacial score (nSPS) is 15.3. The lowest BCUT2D eigenvalue weighted by atomic mass is 10.2. The fourth-order valence-corrected chi connectivity index (χ4v) is 4.04. The van der Waals surface area contributed by atoms with Crippen LogP contribution in [0.5, 0.6) is 0 Å². The Bertz CT molecular complexity index is 683. The number of benzene rings is 1. The van der Waals surface area contributed by atoms with Crippen molar-refractivity contribution in [2.75, 3.05) is 38.5 Å². The van der Waals surface area contributed by atoms with Crippen molar-refractivity contribution in [1.82, 2.24) is 20.1 Å². The van der Waals surface area contributed by atoms with Crippen molar-refractivity contribution >= 4 is 17.8 Å². The zero-order valence-electron chi connectivity index (χ0n) is 15.7. The first-order chi connectivity index (χ1) is 13.3. The summed E-state index contributed by atoms with van der Waals surface area (Å²) in [5.41, 5.74) is 1.23. The summed E-state index contributed by atoms with van der Waals surface area (Å²) in [6, 6.07) is 14.5. The molecule has 1 fully saturated rings. The third kappa shape index (κ3) is 6.88. The van der Waals surface area contributed by atoms with Crippen LogP contribution in [0.4, 0.5) is 4.79 Å². The first-order valence-electron chi connectivity index (χ1n) is 9.63. The average molecular weight is 385 g/mol. The van der Waals surface area contributed by atoms with Gasteiger partial charge in [-0.25, -0.2) is 4.79 Å². The molecule has 1 saturated heterocycles. The van der Waals surface area contributed by atoms with Crippen molar-refractivity contribution in [2.24, 2.45) is 0 Å². The number of thioether (sulfide) groups is 1. The van der Waals surface area contributed by atoms with Gasteiger partial charge in [-0.15, -0.1) is 11.8 Å². The molecule has 27 heavy (non-hydrogen) atoms. The van der Waals surface area contributed by atoms with Gasteiger partial charge in [0.2, 0.25) is 0 Å². The van der Waals surface area contributed by atoms with Gasteiger partial charge in [0.1, 0.15) is 0 Å². The van der Waals surface area contributed by atoms with Gasteiger partial charge >= 0.3 is 6.03 Å². The topological polar surface area (TPSA) is 48.5 Å². The Hall–Kier alpha value is -2.05. The van der Waals surface area contributed by atoms with E-state index in [0.717, 1.165) is 57.9 Å². The highest BCUT2D eigenvalue weighted by Crippen LogP contribution is 2.17. The van der Waals surface area contributed by atoms with Gasteiger partial charge in [0, 0.05) is 56.6 Å². The number of amides is 2. The summed E-state index contributed by atoms with van der Waals surface area (Å²) >= 11 is 1.84. The van der Waals surface area contributed by atoms with E-state index in [2.05, 4.69) is 45.5 Å². The number of urea groups is 1. The highest BCUT2D eigenvalue weighted by atomic mass is 32.2. The minimum Gasteiger partial charge on any atom is -0.338 e. The first-order valence-corrected chi connectivity index (χ1v) is 10.6. The van der Waals surface area contributed by atoms with E-state index in [1.807, 2.05) is 35.0 Å². The number of nitrogens with one attached hydrogen (secondary N) is 1. The van der Waals surface area contributed by atoms with Gasteiger partial charge in [0.15, 0.2) is 0 Å². The van der Waals surface area contributed by atoms with E-state index in [1.165, 1.54) is 10.5 Å². The maximum Gasteiger partial charge on any atom is 0.317 e. The third-order valence-corrected chi connectivity index (χ3v) is 5.71. The molecule has 0 atom stereocenters. The van der Waals surface area contributed by atoms with Crippen LogP contribution in [-0.2, 0) is 6.54 Å². The smallest absolute Gasteiger partial charge is 0.317 e. The molecule has 2 amide bonds. The molecular weight excluding hydrogens is 356 g/mol. The summed E-state index contributed by atoms with van der Waals surface area (Å²) < 4.78 is 0. The molecule has 144 valence electrons. The second-order valence-corrected chi connectivity index (χ2v) is 7.89. The molecule has 5 nitrogen and oxygen atoms in total. The molecule has 1 aromatic carbocycles. The Kier molecular flexibility index (Phi) is 7.99. The average Bonchev–Trinajstić information content (AvgIpc) is 2.95. The molecule has 2 aromatic rings. The van der Waals surface area contributed by atoms with Gasteiger partial charge in [-0.2, -0.15) is 0 Å². The van der Waals surface area contributed by atoms with Crippen LogP contribution in [0.3, 0.4) is 0 Å². The molecule has 6 heteroatoms. The Morgan fingerprint density at radius 1 is 1.07 bits per heavy atom. The lowest BCUT2D eigenvalue weighted by Crippen LogP contribution is -2.42. The van der Waals surface area contributed by atoms with Crippen molar-refractivity contribution in [3.63, 3.8) is 0 Å². The van der Waals surface area contributed by atoms with Crippen LogP contribution < -0.4 is 5.32 Å². The van der Waals surface area contributed by atoms with Crippen LogP contribution >= 0.6 is 11.8 Å². The van der Waals surface area contributed by atoms with Crippen LogP contribution in [-0.4, -0.2) is 59.3 Å². The van der Waals surface area contributed by atoms with Gasteiger partial charge in [-0.05, 0) is 42.4 Å². The summed E-state index contributed by atoms with van der Waals surface area (Å²) in [4.78, 5) is 22.2. The Morgan fingerprint density at radius 3 is 2.78 bits per heavy atom. The fourth-order valence-electron chi connectivity index (χ4n) is 3.17. The standard InChI is InChI=1S/C21H28N4OS/c26-21(23-11-5-16-27-20-8-2-1-3-9-20)25-13-6-12-24(14-15-25)18-19-7-4-10-22-17-19/h1-4,7-10,17H,5-6,11-16,18H2,(H,23,26). The Labute approximate surface area is 166 Å².